The van der Waals surface area contributed by atoms with E-state index in [0.29, 0.717) is 0 Å². The third-order valence-corrected chi connectivity index (χ3v) is 3.99. The molecule has 0 unspecified atom stereocenters. The van der Waals surface area contributed by atoms with Gasteiger partial charge in [-0.05, 0) is 49.6 Å². The molecule has 0 aliphatic carbocycles. The summed E-state index contributed by atoms with van der Waals surface area (Å²) in [7, 11) is 0. The number of aryl methyl sites for hydroxylation is 1. The predicted octanol–water partition coefficient (Wildman–Crippen LogP) is 7.63. The Kier molecular flexibility index (Phi) is 8.65. The molecule has 0 fully saturated rings. The molecule has 3 aromatic carbocycles. The number of benzene rings is 3. The summed E-state index contributed by atoms with van der Waals surface area (Å²) >= 11 is 0. The van der Waals surface area contributed by atoms with Crippen LogP contribution in [0, 0.1) is 6.92 Å². The molecule has 0 radical (unpaired) electrons. The maximum atomic E-state index is 3.36. The number of hydrogen-bond acceptors (Lipinski definition) is 1. The van der Waals surface area contributed by atoms with Gasteiger partial charge in [0.05, 0.1) is 0 Å². The smallest absolute Gasteiger partial charge is 0.0384 e. The number of para-hydroxylation sites is 1. The van der Waals surface area contributed by atoms with E-state index >= 15 is 0 Å². The lowest BCUT2D eigenvalue weighted by Gasteiger charge is -2.06. The Morgan fingerprint density at radius 3 is 1.89 bits per heavy atom. The summed E-state index contributed by atoms with van der Waals surface area (Å²) in [6.45, 7) is 6.26. The fourth-order valence-corrected chi connectivity index (χ4v) is 2.62. The van der Waals surface area contributed by atoms with Gasteiger partial charge in [0.2, 0.25) is 0 Å². The molecule has 1 N–H and O–H groups in total. The van der Waals surface area contributed by atoms with Crippen molar-refractivity contribution in [2.75, 3.05) is 5.32 Å². The summed E-state index contributed by atoms with van der Waals surface area (Å²) in [5, 5.41) is 3.36. The van der Waals surface area contributed by atoms with E-state index in [0.717, 1.165) is 17.8 Å². The Hall–Kier alpha value is -3.06. The van der Waals surface area contributed by atoms with E-state index in [1.165, 1.54) is 16.7 Å². The summed E-state index contributed by atoms with van der Waals surface area (Å²) in [4.78, 5) is 0. The summed E-state index contributed by atoms with van der Waals surface area (Å²) in [6.07, 6.45) is 7.33. The zero-order valence-electron chi connectivity index (χ0n) is 16.5. The normalized spacial score (nSPS) is 11.0. The standard InChI is InChI=1S/C13H17N.C13H12/c1-3-8-12(9-4-2)14-13-10-6-5-7-11-13;1-11-7-9-13(10-8-11)12-5-3-2-4-6-12/h3,5-11,14H,4H2,1-2H3;2-10H,1H3/b8-3-,12-9+;. The highest BCUT2D eigenvalue weighted by Crippen LogP contribution is 2.18. The van der Waals surface area contributed by atoms with E-state index in [1.54, 1.807) is 0 Å². The van der Waals surface area contributed by atoms with E-state index in [1.807, 2.05) is 37.3 Å². The van der Waals surface area contributed by atoms with Crippen LogP contribution in [0.25, 0.3) is 11.1 Å². The minimum atomic E-state index is 1.04. The Morgan fingerprint density at radius 2 is 1.33 bits per heavy atom. The Morgan fingerprint density at radius 1 is 0.778 bits per heavy atom. The van der Waals surface area contributed by atoms with Crippen molar-refractivity contribution in [1.82, 2.24) is 0 Å². The highest BCUT2D eigenvalue weighted by atomic mass is 14.9. The van der Waals surface area contributed by atoms with Crippen molar-refractivity contribution < 1.29 is 0 Å². The van der Waals surface area contributed by atoms with E-state index in [9.17, 15) is 0 Å². The molecule has 27 heavy (non-hydrogen) atoms. The molecular formula is C26H29N. The molecule has 3 rings (SSSR count). The number of rotatable bonds is 5. The summed E-state index contributed by atoms with van der Waals surface area (Å²) in [5.41, 5.74) is 6.15. The molecule has 0 saturated carbocycles. The molecule has 3 aromatic rings. The highest BCUT2D eigenvalue weighted by molar-refractivity contribution is 5.63. The second kappa shape index (κ2) is 11.5. The topological polar surface area (TPSA) is 12.0 Å². The van der Waals surface area contributed by atoms with Crippen LogP contribution in [0.4, 0.5) is 5.69 Å². The average Bonchev–Trinajstić information content (AvgIpc) is 2.71. The first-order valence-electron chi connectivity index (χ1n) is 9.50. The Bertz CT molecular complexity index is 828. The SMILES string of the molecule is C/C=C\C(=C/CC)Nc1ccccc1.Cc1ccc(-c2ccccc2)cc1. The van der Waals surface area contributed by atoms with Crippen molar-refractivity contribution in [2.45, 2.75) is 27.2 Å². The number of allylic oxidation sites excluding steroid dienone is 3. The van der Waals surface area contributed by atoms with Crippen LogP contribution in [0.2, 0.25) is 0 Å². The molecule has 0 amide bonds. The van der Waals surface area contributed by atoms with Crippen LogP contribution in [0.15, 0.2) is 109 Å². The molecule has 0 saturated heterocycles. The van der Waals surface area contributed by atoms with Crippen LogP contribution in [-0.4, -0.2) is 0 Å². The van der Waals surface area contributed by atoms with Crippen molar-refractivity contribution in [2.24, 2.45) is 0 Å². The van der Waals surface area contributed by atoms with Gasteiger partial charge in [0.1, 0.15) is 0 Å². The quantitative estimate of drug-likeness (QED) is 0.464. The van der Waals surface area contributed by atoms with Gasteiger partial charge in [-0.3, -0.25) is 0 Å². The average molecular weight is 356 g/mol. The van der Waals surface area contributed by atoms with Crippen LogP contribution in [-0.2, 0) is 0 Å². The molecule has 0 heterocycles. The molecule has 0 aliphatic rings. The third-order valence-electron chi connectivity index (χ3n) is 3.99. The van der Waals surface area contributed by atoms with Gasteiger partial charge in [-0.15, -0.1) is 0 Å². The first-order chi connectivity index (χ1) is 13.2. The maximum absolute atomic E-state index is 3.36. The van der Waals surface area contributed by atoms with E-state index < -0.39 is 0 Å². The number of hydrogen-bond donors (Lipinski definition) is 1. The van der Waals surface area contributed by atoms with Gasteiger partial charge in [0.15, 0.2) is 0 Å². The van der Waals surface area contributed by atoms with Crippen molar-refractivity contribution in [1.29, 1.82) is 0 Å². The Labute approximate surface area is 164 Å². The first-order valence-corrected chi connectivity index (χ1v) is 9.50. The van der Waals surface area contributed by atoms with E-state index in [4.69, 9.17) is 0 Å². The molecule has 138 valence electrons. The zero-order valence-corrected chi connectivity index (χ0v) is 16.5. The molecule has 0 aliphatic heterocycles. The highest BCUT2D eigenvalue weighted by Gasteiger charge is 1.94. The van der Waals surface area contributed by atoms with Gasteiger partial charge in [0, 0.05) is 11.4 Å². The van der Waals surface area contributed by atoms with Crippen LogP contribution >= 0.6 is 0 Å². The van der Waals surface area contributed by atoms with Gasteiger partial charge >= 0.3 is 0 Å². The monoisotopic (exact) mass is 355 g/mol. The van der Waals surface area contributed by atoms with Gasteiger partial charge in [-0.1, -0.05) is 97.4 Å². The summed E-state index contributed by atoms with van der Waals surface area (Å²) in [6, 6.07) is 29.2. The summed E-state index contributed by atoms with van der Waals surface area (Å²) in [5.74, 6) is 0. The van der Waals surface area contributed by atoms with Crippen molar-refractivity contribution in [3.05, 3.63) is 114 Å². The van der Waals surface area contributed by atoms with Crippen LogP contribution in [0.5, 0.6) is 0 Å². The van der Waals surface area contributed by atoms with Gasteiger partial charge in [-0.25, -0.2) is 0 Å². The van der Waals surface area contributed by atoms with Gasteiger partial charge in [-0.2, -0.15) is 0 Å². The zero-order chi connectivity index (χ0) is 19.3. The van der Waals surface area contributed by atoms with E-state index in [2.05, 4.69) is 92.0 Å². The molecule has 0 aromatic heterocycles. The largest absolute Gasteiger partial charge is 0.356 e. The van der Waals surface area contributed by atoms with E-state index in [-0.39, 0.29) is 0 Å². The number of nitrogens with one attached hydrogen (secondary N) is 1. The number of anilines is 1. The Balaban J connectivity index is 0.000000194. The van der Waals surface area contributed by atoms with Crippen molar-refractivity contribution in [3.63, 3.8) is 0 Å². The first kappa shape index (κ1) is 20.3. The fourth-order valence-electron chi connectivity index (χ4n) is 2.62. The minimum Gasteiger partial charge on any atom is -0.356 e. The lowest BCUT2D eigenvalue weighted by Crippen LogP contribution is -1.95. The van der Waals surface area contributed by atoms with Crippen molar-refractivity contribution >= 4 is 5.69 Å². The minimum absolute atomic E-state index is 1.04. The summed E-state index contributed by atoms with van der Waals surface area (Å²) < 4.78 is 0. The molecule has 0 bridgehead atoms. The fraction of sp³-hybridized carbons (Fsp3) is 0.154. The third kappa shape index (κ3) is 7.37. The lowest BCUT2D eigenvalue weighted by molar-refractivity contribution is 1.20. The molecule has 0 spiro atoms. The molecule has 1 nitrogen and oxygen atoms in total. The molecular weight excluding hydrogens is 326 g/mol. The molecule has 0 atom stereocenters. The van der Waals surface area contributed by atoms with Crippen LogP contribution in [0.1, 0.15) is 25.8 Å². The second-order valence-electron chi connectivity index (χ2n) is 6.29. The maximum Gasteiger partial charge on any atom is 0.0384 e. The second-order valence-corrected chi connectivity index (χ2v) is 6.29. The van der Waals surface area contributed by atoms with Crippen molar-refractivity contribution in [3.8, 4) is 11.1 Å². The van der Waals surface area contributed by atoms with Gasteiger partial charge < -0.3 is 5.32 Å². The predicted molar refractivity (Wildman–Crippen MR) is 120 cm³/mol. The van der Waals surface area contributed by atoms with Gasteiger partial charge in [0.25, 0.3) is 0 Å². The van der Waals surface area contributed by atoms with Crippen LogP contribution in [0.3, 0.4) is 0 Å². The van der Waals surface area contributed by atoms with Crippen LogP contribution < -0.4 is 5.32 Å². The molecule has 1 heteroatoms. The lowest BCUT2D eigenvalue weighted by atomic mass is 10.0.